The van der Waals surface area contributed by atoms with Gasteiger partial charge in [0.2, 0.25) is 0 Å². The van der Waals surface area contributed by atoms with Crippen LogP contribution in [0.1, 0.15) is 52.9 Å². The van der Waals surface area contributed by atoms with Crippen LogP contribution in [0.4, 0.5) is 0 Å². The van der Waals surface area contributed by atoms with Gasteiger partial charge in [-0.2, -0.15) is 8.42 Å². The van der Waals surface area contributed by atoms with E-state index in [9.17, 15) is 13.2 Å². The van der Waals surface area contributed by atoms with Gasteiger partial charge in [-0.3, -0.25) is 9.35 Å². The quantitative estimate of drug-likeness (QED) is 0.673. The Morgan fingerprint density at radius 1 is 1.21 bits per heavy atom. The van der Waals surface area contributed by atoms with E-state index < -0.39 is 21.3 Å². The second-order valence-electron chi connectivity index (χ2n) is 10.0. The summed E-state index contributed by atoms with van der Waals surface area (Å²) in [7, 11) is -4.08. The predicted molar refractivity (Wildman–Crippen MR) is 110 cm³/mol. The van der Waals surface area contributed by atoms with Crippen molar-refractivity contribution in [3.05, 3.63) is 0 Å². The number of rotatable bonds is 2. The van der Waals surface area contributed by atoms with E-state index in [0.29, 0.717) is 18.3 Å². The second-order valence-corrected chi connectivity index (χ2v) is 12.7. The van der Waals surface area contributed by atoms with Crippen molar-refractivity contribution in [3.63, 3.8) is 0 Å². The lowest BCUT2D eigenvalue weighted by Crippen LogP contribution is -2.60. The number of piperidine rings is 3. The molecule has 6 rings (SSSR count). The van der Waals surface area contributed by atoms with Gasteiger partial charge in [0, 0.05) is 18.7 Å². The molecule has 6 aliphatic rings. The lowest BCUT2D eigenvalue weighted by atomic mass is 9.70. The molecule has 4 atom stereocenters. The van der Waals surface area contributed by atoms with E-state index >= 15 is 0 Å². The van der Waals surface area contributed by atoms with Crippen molar-refractivity contribution in [1.82, 2.24) is 4.90 Å². The van der Waals surface area contributed by atoms with Crippen LogP contribution in [-0.4, -0.2) is 65.8 Å². The smallest absolute Gasteiger partial charge is 0.265 e. The standard InChI is InChI=1S/C10H17NOS.C10H16O4S/c1-8-12-10(7-13-8)6-11-4-2-9(10)3-5-11;1-9(2)7-3-4-10(9,8(11)5-7)6-15(12,13)14/h8-9H,2-7H2,1H3;7H,3-6H2,1-2H3,(H,12,13,14). The van der Waals surface area contributed by atoms with Crippen LogP contribution in [0.2, 0.25) is 0 Å². The average Bonchev–Trinajstić information content (AvgIpc) is 3.13. The normalized spacial score (nSPS) is 46.1. The summed E-state index contributed by atoms with van der Waals surface area (Å²) in [4.78, 5) is 14.5. The Kier molecular flexibility index (Phi) is 5.23. The largest absolute Gasteiger partial charge is 0.359 e. The van der Waals surface area contributed by atoms with Crippen molar-refractivity contribution in [2.75, 3.05) is 31.1 Å². The number of ketones is 1. The fourth-order valence-electron chi connectivity index (χ4n) is 6.50. The van der Waals surface area contributed by atoms with Crippen molar-refractivity contribution in [2.45, 2.75) is 63.9 Å². The van der Waals surface area contributed by atoms with Crippen LogP contribution in [0.25, 0.3) is 0 Å². The Morgan fingerprint density at radius 2 is 1.89 bits per heavy atom. The molecule has 0 aromatic rings. The van der Waals surface area contributed by atoms with E-state index in [4.69, 9.17) is 9.29 Å². The Labute approximate surface area is 172 Å². The van der Waals surface area contributed by atoms with Crippen LogP contribution in [0, 0.1) is 22.7 Å². The van der Waals surface area contributed by atoms with Crippen LogP contribution >= 0.6 is 11.8 Å². The lowest BCUT2D eigenvalue weighted by Gasteiger charge is -2.50. The van der Waals surface area contributed by atoms with Gasteiger partial charge < -0.3 is 9.64 Å². The summed E-state index contributed by atoms with van der Waals surface area (Å²) < 4.78 is 37.1. The highest BCUT2D eigenvalue weighted by molar-refractivity contribution is 8.00. The molecule has 1 N–H and O–H groups in total. The third-order valence-electron chi connectivity index (χ3n) is 8.35. The highest BCUT2D eigenvalue weighted by atomic mass is 32.2. The first kappa shape index (κ1) is 21.1. The second kappa shape index (κ2) is 6.94. The Morgan fingerprint density at radius 3 is 2.29 bits per heavy atom. The maximum Gasteiger partial charge on any atom is 0.265 e. The molecule has 0 aromatic heterocycles. The van der Waals surface area contributed by atoms with E-state index in [1.165, 1.54) is 38.2 Å². The maximum absolute atomic E-state index is 11.9. The minimum atomic E-state index is -4.08. The molecule has 6 fully saturated rings. The molecule has 4 unspecified atom stereocenters. The fourth-order valence-corrected chi connectivity index (χ4v) is 8.97. The van der Waals surface area contributed by atoms with E-state index in [1.807, 2.05) is 25.6 Å². The van der Waals surface area contributed by atoms with Crippen LogP contribution in [0.5, 0.6) is 0 Å². The molecule has 6 nitrogen and oxygen atoms in total. The molecule has 0 radical (unpaired) electrons. The first-order valence-electron chi connectivity index (χ1n) is 10.5. The molecule has 2 saturated carbocycles. The number of carbonyl (C=O) groups excluding carboxylic acids is 1. The van der Waals surface area contributed by atoms with Gasteiger partial charge in [-0.25, -0.2) is 0 Å². The van der Waals surface area contributed by atoms with Crippen molar-refractivity contribution in [1.29, 1.82) is 0 Å². The third-order valence-corrected chi connectivity index (χ3v) is 10.4. The van der Waals surface area contributed by atoms with E-state index in [2.05, 4.69) is 11.8 Å². The Balaban J connectivity index is 0.000000138. The monoisotopic (exact) mass is 431 g/mol. The van der Waals surface area contributed by atoms with Gasteiger partial charge in [-0.05, 0) is 62.9 Å². The van der Waals surface area contributed by atoms with Crippen molar-refractivity contribution in [3.8, 4) is 0 Å². The molecule has 8 heteroatoms. The van der Waals surface area contributed by atoms with Crippen LogP contribution < -0.4 is 0 Å². The third kappa shape index (κ3) is 3.37. The first-order chi connectivity index (χ1) is 13.0. The van der Waals surface area contributed by atoms with Gasteiger partial charge in [-0.1, -0.05) is 13.8 Å². The summed E-state index contributed by atoms with van der Waals surface area (Å²) in [5.41, 5.74) is -0.438. The van der Waals surface area contributed by atoms with Gasteiger partial charge in [0.1, 0.15) is 11.2 Å². The fraction of sp³-hybridized carbons (Fsp3) is 0.950. The minimum absolute atomic E-state index is 0.0152. The first-order valence-corrected chi connectivity index (χ1v) is 13.1. The maximum atomic E-state index is 11.9. The molecular formula is C20H33NO5S2. The van der Waals surface area contributed by atoms with Gasteiger partial charge in [0.05, 0.1) is 16.8 Å². The Hall–Kier alpha value is -0.150. The zero-order valence-corrected chi connectivity index (χ0v) is 18.8. The van der Waals surface area contributed by atoms with Gasteiger partial charge >= 0.3 is 0 Å². The van der Waals surface area contributed by atoms with E-state index in [-0.39, 0.29) is 22.7 Å². The van der Waals surface area contributed by atoms with Crippen molar-refractivity contribution >= 4 is 27.7 Å². The molecule has 4 heterocycles. The Bertz CT molecular complexity index is 746. The highest BCUT2D eigenvalue weighted by Crippen LogP contribution is 2.64. The van der Waals surface area contributed by atoms with E-state index in [1.54, 1.807) is 0 Å². The lowest BCUT2D eigenvalue weighted by molar-refractivity contribution is -0.133. The molecule has 0 aromatic carbocycles. The summed E-state index contributed by atoms with van der Waals surface area (Å²) in [6, 6.07) is 0. The summed E-state index contributed by atoms with van der Waals surface area (Å²) in [5.74, 6) is 1.99. The number of thioether (sulfide) groups is 1. The molecule has 4 saturated heterocycles. The SMILES string of the molecule is CC1(C)C2CCC1(CS(=O)(=O)O)C(=O)C2.CC1OC2(CS1)CN1CCC2CC1. The minimum Gasteiger partial charge on any atom is -0.359 e. The zero-order chi connectivity index (χ0) is 20.4. The molecular weight excluding hydrogens is 398 g/mol. The summed E-state index contributed by atoms with van der Waals surface area (Å²) in [6.45, 7) is 9.91. The number of ether oxygens (including phenoxy) is 1. The van der Waals surface area contributed by atoms with Gasteiger partial charge in [0.15, 0.2) is 0 Å². The molecule has 160 valence electrons. The number of nitrogens with zero attached hydrogens (tertiary/aromatic N) is 1. The van der Waals surface area contributed by atoms with Gasteiger partial charge in [-0.15, -0.1) is 11.8 Å². The van der Waals surface area contributed by atoms with Crippen LogP contribution in [0.15, 0.2) is 0 Å². The van der Waals surface area contributed by atoms with Crippen molar-refractivity contribution in [2.24, 2.45) is 22.7 Å². The molecule has 4 aliphatic heterocycles. The summed E-state index contributed by atoms with van der Waals surface area (Å²) >= 11 is 1.99. The topological polar surface area (TPSA) is 83.9 Å². The highest BCUT2D eigenvalue weighted by Gasteiger charge is 2.65. The number of hydrogen-bond acceptors (Lipinski definition) is 6. The summed E-state index contributed by atoms with van der Waals surface area (Å²) in [5, 5.41) is 0. The zero-order valence-electron chi connectivity index (χ0n) is 17.1. The van der Waals surface area contributed by atoms with E-state index in [0.717, 1.165) is 12.3 Å². The molecule has 0 amide bonds. The molecule has 1 spiro atoms. The number of hydrogen-bond donors (Lipinski definition) is 1. The molecule has 4 bridgehead atoms. The predicted octanol–water partition coefficient (Wildman–Crippen LogP) is 2.83. The van der Waals surface area contributed by atoms with Crippen molar-refractivity contribution < 1.29 is 22.5 Å². The van der Waals surface area contributed by atoms with Crippen LogP contribution in [0.3, 0.4) is 0 Å². The van der Waals surface area contributed by atoms with Gasteiger partial charge in [0.25, 0.3) is 10.1 Å². The van der Waals surface area contributed by atoms with Crippen LogP contribution in [-0.2, 0) is 19.6 Å². The number of Topliss-reactive ketones (excluding diaryl/α,β-unsaturated/α-hetero) is 1. The molecule has 2 aliphatic carbocycles. The molecule has 28 heavy (non-hydrogen) atoms. The number of fused-ring (bicyclic) bond motifs is 4. The average molecular weight is 432 g/mol. The summed E-state index contributed by atoms with van der Waals surface area (Å²) in [6.07, 6.45) is 4.71. The number of carbonyl (C=O) groups is 1.